The first-order valence-corrected chi connectivity index (χ1v) is 7.51. The van der Waals surface area contributed by atoms with Gasteiger partial charge in [0.25, 0.3) is 0 Å². The summed E-state index contributed by atoms with van der Waals surface area (Å²) in [5.74, 6) is 1.72. The second kappa shape index (κ2) is 10.7. The van der Waals surface area contributed by atoms with Crippen molar-refractivity contribution in [3.05, 3.63) is 29.8 Å². The van der Waals surface area contributed by atoms with Crippen LogP contribution in [-0.2, 0) is 11.2 Å². The van der Waals surface area contributed by atoms with E-state index in [1.807, 2.05) is 12.1 Å². The zero-order valence-corrected chi connectivity index (χ0v) is 15.6. The van der Waals surface area contributed by atoms with Gasteiger partial charge in [-0.3, -0.25) is 4.99 Å². The molecular formula is C16H26IN3O2. The Kier molecular flexibility index (Phi) is 9.22. The summed E-state index contributed by atoms with van der Waals surface area (Å²) in [5, 5.41) is 6.63. The van der Waals surface area contributed by atoms with E-state index in [1.54, 1.807) is 14.2 Å². The first-order valence-electron chi connectivity index (χ1n) is 7.51. The number of hydrogen-bond acceptors (Lipinski definition) is 3. The fraction of sp³-hybridized carbons (Fsp3) is 0.562. The minimum absolute atomic E-state index is 0. The number of nitrogens with zero attached hydrogens (tertiary/aromatic N) is 1. The smallest absolute Gasteiger partial charge is 0.191 e. The Balaban J connectivity index is 0.00000242. The maximum Gasteiger partial charge on any atom is 0.191 e. The molecule has 124 valence electrons. The van der Waals surface area contributed by atoms with Crippen LogP contribution in [0.4, 0.5) is 0 Å². The topological polar surface area (TPSA) is 54.9 Å². The number of rotatable bonds is 6. The molecule has 2 rings (SSSR count). The summed E-state index contributed by atoms with van der Waals surface area (Å²) in [6.45, 7) is 2.53. The molecule has 1 aromatic carbocycles. The standard InChI is InChI=1S/C16H25N3O2.HI/c1-17-16(19-12-15-7-4-10-21-15)18-9-8-13-5-3-6-14(11-13)20-2;/h3,5-6,11,15H,4,7-10,12H2,1-2H3,(H2,17,18,19);1H. The van der Waals surface area contributed by atoms with Gasteiger partial charge in [0, 0.05) is 26.7 Å². The van der Waals surface area contributed by atoms with Gasteiger partial charge in [-0.05, 0) is 37.0 Å². The van der Waals surface area contributed by atoms with Crippen molar-refractivity contribution < 1.29 is 9.47 Å². The van der Waals surface area contributed by atoms with Crippen LogP contribution in [0.5, 0.6) is 5.75 Å². The van der Waals surface area contributed by atoms with Crippen molar-refractivity contribution >= 4 is 29.9 Å². The highest BCUT2D eigenvalue weighted by molar-refractivity contribution is 14.0. The maximum absolute atomic E-state index is 5.59. The molecule has 22 heavy (non-hydrogen) atoms. The predicted octanol–water partition coefficient (Wildman–Crippen LogP) is 2.20. The molecule has 1 heterocycles. The highest BCUT2D eigenvalue weighted by Crippen LogP contribution is 2.12. The Morgan fingerprint density at radius 1 is 1.41 bits per heavy atom. The van der Waals surface area contributed by atoms with Gasteiger partial charge in [-0.1, -0.05) is 12.1 Å². The average Bonchev–Trinajstić information content (AvgIpc) is 3.04. The SMILES string of the molecule is CN=C(NCCc1cccc(OC)c1)NCC1CCCO1.I. The third kappa shape index (κ3) is 6.39. The van der Waals surface area contributed by atoms with Crippen molar-refractivity contribution in [2.45, 2.75) is 25.4 Å². The molecule has 0 spiro atoms. The van der Waals surface area contributed by atoms with Crippen LogP contribution in [0.15, 0.2) is 29.3 Å². The first-order chi connectivity index (χ1) is 10.3. The minimum atomic E-state index is 0. The molecule has 0 amide bonds. The normalized spacial score (nSPS) is 17.7. The summed E-state index contributed by atoms with van der Waals surface area (Å²) in [4.78, 5) is 4.23. The lowest BCUT2D eigenvalue weighted by Gasteiger charge is -2.15. The molecule has 1 atom stereocenters. The van der Waals surface area contributed by atoms with Crippen molar-refractivity contribution in [3.63, 3.8) is 0 Å². The van der Waals surface area contributed by atoms with Gasteiger partial charge in [-0.2, -0.15) is 0 Å². The van der Waals surface area contributed by atoms with Gasteiger partial charge in [0.15, 0.2) is 5.96 Å². The number of hydrogen-bond donors (Lipinski definition) is 2. The number of guanidine groups is 1. The third-order valence-corrected chi connectivity index (χ3v) is 3.59. The largest absolute Gasteiger partial charge is 0.497 e. The van der Waals surface area contributed by atoms with Crippen LogP contribution in [-0.4, -0.2) is 45.9 Å². The monoisotopic (exact) mass is 419 g/mol. The summed E-state index contributed by atoms with van der Waals surface area (Å²) in [5.41, 5.74) is 1.25. The van der Waals surface area contributed by atoms with Gasteiger partial charge in [-0.15, -0.1) is 24.0 Å². The van der Waals surface area contributed by atoms with Crippen LogP contribution in [0.25, 0.3) is 0 Å². The molecule has 6 heteroatoms. The summed E-state index contributed by atoms with van der Waals surface area (Å²) in [6, 6.07) is 8.13. The number of halogens is 1. The highest BCUT2D eigenvalue weighted by Gasteiger charge is 2.15. The first kappa shape index (κ1) is 19.0. The second-order valence-electron chi connectivity index (χ2n) is 5.12. The number of benzene rings is 1. The Morgan fingerprint density at radius 2 is 2.27 bits per heavy atom. The second-order valence-corrected chi connectivity index (χ2v) is 5.12. The van der Waals surface area contributed by atoms with E-state index >= 15 is 0 Å². The molecule has 1 aromatic rings. The van der Waals surface area contributed by atoms with Crippen LogP contribution in [0.1, 0.15) is 18.4 Å². The summed E-state index contributed by atoms with van der Waals surface area (Å²) < 4.78 is 10.8. The zero-order chi connectivity index (χ0) is 14.9. The average molecular weight is 419 g/mol. The molecule has 0 radical (unpaired) electrons. The van der Waals surface area contributed by atoms with E-state index in [4.69, 9.17) is 9.47 Å². The van der Waals surface area contributed by atoms with Crippen molar-refractivity contribution in [2.75, 3.05) is 33.9 Å². The van der Waals surface area contributed by atoms with Gasteiger partial charge in [0.05, 0.1) is 13.2 Å². The molecule has 2 N–H and O–H groups in total. The van der Waals surface area contributed by atoms with Crippen molar-refractivity contribution in [1.29, 1.82) is 0 Å². The minimum Gasteiger partial charge on any atom is -0.497 e. The molecule has 1 aliphatic rings. The lowest BCUT2D eigenvalue weighted by molar-refractivity contribution is 0.114. The molecule has 0 bridgehead atoms. The molecule has 1 fully saturated rings. The number of methoxy groups -OCH3 is 1. The molecular weight excluding hydrogens is 393 g/mol. The van der Waals surface area contributed by atoms with Crippen molar-refractivity contribution in [2.24, 2.45) is 4.99 Å². The number of aliphatic imine (C=N–C) groups is 1. The Morgan fingerprint density at radius 3 is 2.95 bits per heavy atom. The van der Waals surface area contributed by atoms with E-state index in [2.05, 4.69) is 27.8 Å². The summed E-state index contributed by atoms with van der Waals surface area (Å²) in [7, 11) is 3.48. The highest BCUT2D eigenvalue weighted by atomic mass is 127. The molecule has 1 unspecified atom stereocenters. The fourth-order valence-electron chi connectivity index (χ4n) is 2.39. The van der Waals surface area contributed by atoms with E-state index in [0.717, 1.165) is 50.7 Å². The molecule has 0 aliphatic carbocycles. The summed E-state index contributed by atoms with van der Waals surface area (Å²) >= 11 is 0. The van der Waals surface area contributed by atoms with E-state index in [-0.39, 0.29) is 24.0 Å². The Hall–Kier alpha value is -1.02. The van der Waals surface area contributed by atoms with Gasteiger partial charge in [-0.25, -0.2) is 0 Å². The molecule has 0 saturated carbocycles. The molecule has 1 saturated heterocycles. The van der Waals surface area contributed by atoms with Gasteiger partial charge < -0.3 is 20.1 Å². The molecule has 5 nitrogen and oxygen atoms in total. The number of ether oxygens (including phenoxy) is 2. The number of nitrogens with one attached hydrogen (secondary N) is 2. The van der Waals surface area contributed by atoms with E-state index < -0.39 is 0 Å². The van der Waals surface area contributed by atoms with Crippen LogP contribution in [0.2, 0.25) is 0 Å². The van der Waals surface area contributed by atoms with E-state index in [0.29, 0.717) is 6.10 Å². The van der Waals surface area contributed by atoms with Crippen LogP contribution >= 0.6 is 24.0 Å². The zero-order valence-electron chi connectivity index (χ0n) is 13.3. The quantitative estimate of drug-likeness (QED) is 0.422. The van der Waals surface area contributed by atoms with Crippen LogP contribution in [0, 0.1) is 0 Å². The van der Waals surface area contributed by atoms with Crippen molar-refractivity contribution in [3.8, 4) is 5.75 Å². The van der Waals surface area contributed by atoms with Crippen molar-refractivity contribution in [1.82, 2.24) is 10.6 Å². The lowest BCUT2D eigenvalue weighted by Crippen LogP contribution is -2.41. The van der Waals surface area contributed by atoms with E-state index in [1.165, 1.54) is 5.56 Å². The van der Waals surface area contributed by atoms with Gasteiger partial charge in [0.2, 0.25) is 0 Å². The third-order valence-electron chi connectivity index (χ3n) is 3.59. The van der Waals surface area contributed by atoms with E-state index in [9.17, 15) is 0 Å². The molecule has 0 aromatic heterocycles. The van der Waals surface area contributed by atoms with Crippen LogP contribution in [0.3, 0.4) is 0 Å². The lowest BCUT2D eigenvalue weighted by atomic mass is 10.1. The van der Waals surface area contributed by atoms with Crippen LogP contribution < -0.4 is 15.4 Å². The molecule has 1 aliphatic heterocycles. The maximum atomic E-state index is 5.59. The Bertz CT molecular complexity index is 462. The van der Waals surface area contributed by atoms with Gasteiger partial charge >= 0.3 is 0 Å². The summed E-state index contributed by atoms with van der Waals surface area (Å²) in [6.07, 6.45) is 3.54. The van der Waals surface area contributed by atoms with Gasteiger partial charge in [0.1, 0.15) is 5.75 Å². The predicted molar refractivity (Wildman–Crippen MR) is 100 cm³/mol. The Labute approximate surface area is 149 Å². The fourth-order valence-corrected chi connectivity index (χ4v) is 2.39.